The summed E-state index contributed by atoms with van der Waals surface area (Å²) in [5.41, 5.74) is 0. The minimum Gasteiger partial charge on any atom is -0.377 e. The molecule has 0 saturated heterocycles. The van der Waals surface area contributed by atoms with Gasteiger partial charge in [-0.2, -0.15) is 0 Å². The van der Waals surface area contributed by atoms with Crippen molar-refractivity contribution < 1.29 is 4.74 Å². The molecule has 120 valence electrons. The average molecular weight is 290 g/mol. The van der Waals surface area contributed by atoms with Gasteiger partial charge in [0.15, 0.2) is 0 Å². The second kappa shape index (κ2) is 9.46. The fourth-order valence-electron chi connectivity index (χ4n) is 4.37. The van der Waals surface area contributed by atoms with E-state index in [1.165, 1.54) is 57.8 Å². The molecule has 0 aromatic heterocycles. The third-order valence-corrected chi connectivity index (χ3v) is 5.74. The molecule has 0 heterocycles. The summed E-state index contributed by atoms with van der Waals surface area (Å²) in [5.74, 6) is 3.83. The van der Waals surface area contributed by atoms with Crippen molar-refractivity contribution in [2.24, 2.45) is 23.7 Å². The lowest BCUT2D eigenvalue weighted by Crippen LogP contribution is -2.27. The maximum atomic E-state index is 5.63. The molecule has 0 bridgehead atoms. The summed E-state index contributed by atoms with van der Waals surface area (Å²) < 4.78 is 5.63. The summed E-state index contributed by atoms with van der Waals surface area (Å²) >= 11 is 0. The second-order valence-electron chi connectivity index (χ2n) is 7.19. The Morgan fingerprint density at radius 3 is 2.00 bits per heavy atom. The van der Waals surface area contributed by atoms with Crippen molar-refractivity contribution >= 4 is 0 Å². The van der Waals surface area contributed by atoms with Crippen molar-refractivity contribution in [3.05, 3.63) is 24.8 Å². The summed E-state index contributed by atoms with van der Waals surface area (Å²) in [7, 11) is 0. The molecule has 0 spiro atoms. The molecule has 0 aromatic carbocycles. The molecule has 0 atom stereocenters. The second-order valence-corrected chi connectivity index (χ2v) is 7.19. The van der Waals surface area contributed by atoms with Gasteiger partial charge in [-0.1, -0.05) is 18.2 Å². The number of hydrogen-bond donors (Lipinski definition) is 0. The first kappa shape index (κ1) is 16.8. The van der Waals surface area contributed by atoms with Crippen LogP contribution in [0.1, 0.15) is 64.7 Å². The van der Waals surface area contributed by atoms with Crippen LogP contribution in [0.15, 0.2) is 24.8 Å². The van der Waals surface area contributed by atoms with Gasteiger partial charge in [-0.3, -0.25) is 0 Å². The van der Waals surface area contributed by atoms with E-state index >= 15 is 0 Å². The van der Waals surface area contributed by atoms with Crippen molar-refractivity contribution in [3.8, 4) is 0 Å². The number of ether oxygens (including phenoxy) is 1. The van der Waals surface area contributed by atoms with E-state index in [1.54, 1.807) is 0 Å². The summed E-state index contributed by atoms with van der Waals surface area (Å²) in [5, 5.41) is 0. The molecule has 2 aliphatic rings. The smallest absolute Gasteiger partial charge is 0.0644 e. The highest BCUT2D eigenvalue weighted by molar-refractivity contribution is 4.86. The van der Waals surface area contributed by atoms with Crippen molar-refractivity contribution in [1.29, 1.82) is 0 Å². The average Bonchev–Trinajstić information content (AvgIpc) is 2.54. The van der Waals surface area contributed by atoms with Crippen LogP contribution in [-0.2, 0) is 4.74 Å². The molecule has 0 aromatic rings. The molecule has 0 radical (unpaired) electrons. The largest absolute Gasteiger partial charge is 0.377 e. The van der Waals surface area contributed by atoms with Crippen molar-refractivity contribution in [1.82, 2.24) is 0 Å². The molecule has 0 amide bonds. The van der Waals surface area contributed by atoms with Crippen LogP contribution in [-0.4, -0.2) is 13.2 Å². The Balaban J connectivity index is 1.63. The quantitative estimate of drug-likeness (QED) is 0.427. The highest BCUT2D eigenvalue weighted by Crippen LogP contribution is 2.42. The zero-order valence-corrected chi connectivity index (χ0v) is 13.9. The van der Waals surface area contributed by atoms with Gasteiger partial charge in [0.2, 0.25) is 0 Å². The van der Waals surface area contributed by atoms with Gasteiger partial charge in [0.05, 0.1) is 6.61 Å². The minimum atomic E-state index is 0.718. The number of hydrogen-bond acceptors (Lipinski definition) is 1. The van der Waals surface area contributed by atoms with E-state index in [4.69, 9.17) is 4.74 Å². The number of allylic oxidation sites excluding steroid dienone is 2. The summed E-state index contributed by atoms with van der Waals surface area (Å²) in [4.78, 5) is 0. The Morgan fingerprint density at radius 2 is 1.48 bits per heavy atom. The van der Waals surface area contributed by atoms with Gasteiger partial charge in [-0.05, 0) is 88.4 Å². The monoisotopic (exact) mass is 290 g/mol. The standard InChI is InChI=1S/C20H34O/c1-3-5-6-17-7-11-19(12-8-17)20-13-9-18(10-14-20)16-21-15-4-2/h3-5,17-20H,2,6-16H2,1H3/b5-3+. The lowest BCUT2D eigenvalue weighted by molar-refractivity contribution is 0.0786. The Kier molecular flexibility index (Phi) is 7.57. The van der Waals surface area contributed by atoms with E-state index < -0.39 is 0 Å². The first-order valence-electron chi connectivity index (χ1n) is 9.13. The topological polar surface area (TPSA) is 9.23 Å². The molecule has 0 aliphatic heterocycles. The van der Waals surface area contributed by atoms with Crippen LogP contribution in [0, 0.1) is 23.7 Å². The lowest BCUT2D eigenvalue weighted by atomic mass is 9.69. The zero-order chi connectivity index (χ0) is 14.9. The molecule has 2 saturated carbocycles. The fraction of sp³-hybridized carbons (Fsp3) is 0.800. The van der Waals surface area contributed by atoms with Gasteiger partial charge in [0.25, 0.3) is 0 Å². The Labute approximate surface area is 131 Å². The molecule has 2 aliphatic carbocycles. The van der Waals surface area contributed by atoms with Crippen LogP contribution in [0.2, 0.25) is 0 Å². The highest BCUT2D eigenvalue weighted by atomic mass is 16.5. The van der Waals surface area contributed by atoms with Crippen LogP contribution in [0.4, 0.5) is 0 Å². The van der Waals surface area contributed by atoms with Gasteiger partial charge in [0.1, 0.15) is 0 Å². The molecule has 0 unspecified atom stereocenters. The van der Waals surface area contributed by atoms with Gasteiger partial charge < -0.3 is 4.74 Å². The SMILES string of the molecule is C=CCOCC1CCC(C2CCC(C/C=C/C)CC2)CC1. The van der Waals surface area contributed by atoms with Crippen LogP contribution in [0.3, 0.4) is 0 Å². The molecule has 1 nitrogen and oxygen atoms in total. The van der Waals surface area contributed by atoms with Gasteiger partial charge in [0, 0.05) is 6.61 Å². The van der Waals surface area contributed by atoms with Crippen LogP contribution >= 0.6 is 0 Å². The van der Waals surface area contributed by atoms with E-state index in [1.807, 2.05) is 6.08 Å². The Hall–Kier alpha value is -0.560. The molecular weight excluding hydrogens is 256 g/mol. The highest BCUT2D eigenvalue weighted by Gasteiger charge is 2.30. The summed E-state index contributed by atoms with van der Waals surface area (Å²) in [6.07, 6.45) is 19.3. The lowest BCUT2D eigenvalue weighted by Gasteiger charge is -2.37. The predicted molar refractivity (Wildman–Crippen MR) is 91.3 cm³/mol. The van der Waals surface area contributed by atoms with Crippen LogP contribution < -0.4 is 0 Å². The molecule has 1 heteroatoms. The maximum absolute atomic E-state index is 5.63. The van der Waals surface area contributed by atoms with E-state index in [0.29, 0.717) is 0 Å². The van der Waals surface area contributed by atoms with E-state index in [0.717, 1.165) is 36.9 Å². The van der Waals surface area contributed by atoms with Gasteiger partial charge in [-0.25, -0.2) is 0 Å². The van der Waals surface area contributed by atoms with Crippen molar-refractivity contribution in [2.45, 2.75) is 64.7 Å². The molecule has 2 fully saturated rings. The first-order valence-corrected chi connectivity index (χ1v) is 9.13. The van der Waals surface area contributed by atoms with Crippen LogP contribution in [0.25, 0.3) is 0 Å². The minimum absolute atomic E-state index is 0.718. The number of rotatable bonds is 7. The summed E-state index contributed by atoms with van der Waals surface area (Å²) in [6.45, 7) is 7.53. The fourth-order valence-corrected chi connectivity index (χ4v) is 4.37. The van der Waals surface area contributed by atoms with Crippen LogP contribution in [0.5, 0.6) is 0 Å². The van der Waals surface area contributed by atoms with E-state index in [2.05, 4.69) is 25.7 Å². The van der Waals surface area contributed by atoms with E-state index in [9.17, 15) is 0 Å². The third kappa shape index (κ3) is 5.62. The maximum Gasteiger partial charge on any atom is 0.0644 e. The van der Waals surface area contributed by atoms with Gasteiger partial charge >= 0.3 is 0 Å². The Morgan fingerprint density at radius 1 is 0.905 bits per heavy atom. The third-order valence-electron chi connectivity index (χ3n) is 5.74. The normalized spacial score (nSPS) is 34.1. The van der Waals surface area contributed by atoms with Crippen molar-refractivity contribution in [3.63, 3.8) is 0 Å². The molecule has 2 rings (SSSR count). The van der Waals surface area contributed by atoms with Crippen molar-refractivity contribution in [2.75, 3.05) is 13.2 Å². The molecular formula is C20H34O. The Bertz CT molecular complexity index is 304. The van der Waals surface area contributed by atoms with Gasteiger partial charge in [-0.15, -0.1) is 6.58 Å². The van der Waals surface area contributed by atoms with E-state index in [-0.39, 0.29) is 0 Å². The molecule has 21 heavy (non-hydrogen) atoms. The zero-order valence-electron chi connectivity index (χ0n) is 13.9. The predicted octanol–water partition coefficient (Wildman–Crippen LogP) is 5.77. The first-order chi connectivity index (χ1) is 10.3. The molecule has 0 N–H and O–H groups in total. The summed E-state index contributed by atoms with van der Waals surface area (Å²) in [6, 6.07) is 0.